The zero-order chi connectivity index (χ0) is 11.9. The van der Waals surface area contributed by atoms with Crippen molar-refractivity contribution in [2.75, 3.05) is 19.8 Å². The van der Waals surface area contributed by atoms with E-state index in [4.69, 9.17) is 4.89 Å². The molecule has 0 aliphatic rings. The molecule has 0 radical (unpaired) electrons. The second kappa shape index (κ2) is 6.95. The van der Waals surface area contributed by atoms with E-state index in [2.05, 4.69) is 9.84 Å². The van der Waals surface area contributed by atoms with Crippen molar-refractivity contribution in [1.82, 2.24) is 5.32 Å². The molecule has 0 aromatic carbocycles. The Morgan fingerprint density at radius 3 is 2.60 bits per heavy atom. The third-order valence-electron chi connectivity index (χ3n) is 1.63. The van der Waals surface area contributed by atoms with Crippen molar-refractivity contribution in [2.45, 2.75) is 25.9 Å². The summed E-state index contributed by atoms with van der Waals surface area (Å²) in [5.74, 6) is -0.146. The average Bonchev–Trinajstić information content (AvgIpc) is 2.00. The van der Waals surface area contributed by atoms with Crippen LogP contribution < -0.4 is 5.32 Å². The zero-order valence-electron chi connectivity index (χ0n) is 8.97. The van der Waals surface area contributed by atoms with E-state index in [1.807, 2.05) is 0 Å². The summed E-state index contributed by atoms with van der Waals surface area (Å²) < 4.78 is 15.3. The number of nitrogens with one attached hydrogen (secondary N) is 1. The van der Waals surface area contributed by atoms with Crippen molar-refractivity contribution in [3.63, 3.8) is 0 Å². The normalized spacial score (nSPS) is 16.8. The lowest BCUT2D eigenvalue weighted by atomic mass is 10.2. The first-order valence-electron chi connectivity index (χ1n) is 4.68. The Balaban J connectivity index is 3.45. The van der Waals surface area contributed by atoms with E-state index >= 15 is 0 Å². The van der Waals surface area contributed by atoms with Crippen LogP contribution in [0.15, 0.2) is 0 Å². The minimum Gasteiger partial charge on any atom is -0.393 e. The lowest BCUT2D eigenvalue weighted by molar-refractivity contribution is -0.119. The van der Waals surface area contributed by atoms with Gasteiger partial charge in [-0.15, -0.1) is 0 Å². The molecule has 6 nitrogen and oxygen atoms in total. The number of rotatable bonds is 7. The van der Waals surface area contributed by atoms with Gasteiger partial charge in [0.25, 0.3) is 0 Å². The summed E-state index contributed by atoms with van der Waals surface area (Å²) in [6.07, 6.45) is 0.0452. The standard InChI is InChI=1S/C8H18NO5P/c1-7(10)9-5-3-8(11)4-6-14-15(2,12)13/h8,11H,3-6H2,1-2H3,(H,9,10)(H,12,13). The second-order valence-corrected chi connectivity index (χ2v) is 5.21. The minimum absolute atomic E-state index is 0.0332. The largest absolute Gasteiger partial charge is 0.393 e. The molecule has 0 aromatic rings. The smallest absolute Gasteiger partial charge is 0.325 e. The maximum atomic E-state index is 10.7. The number of amides is 1. The molecule has 0 fully saturated rings. The van der Waals surface area contributed by atoms with Gasteiger partial charge in [0.2, 0.25) is 5.91 Å². The van der Waals surface area contributed by atoms with Crippen LogP contribution in [0.3, 0.4) is 0 Å². The third kappa shape index (κ3) is 11.5. The Hall–Kier alpha value is -0.420. The van der Waals surface area contributed by atoms with Gasteiger partial charge in [-0.1, -0.05) is 0 Å². The van der Waals surface area contributed by atoms with Gasteiger partial charge in [-0.2, -0.15) is 0 Å². The molecule has 2 unspecified atom stereocenters. The maximum Gasteiger partial charge on any atom is 0.325 e. The van der Waals surface area contributed by atoms with Gasteiger partial charge < -0.3 is 19.8 Å². The summed E-state index contributed by atoms with van der Waals surface area (Å²) >= 11 is 0. The monoisotopic (exact) mass is 239 g/mol. The van der Waals surface area contributed by atoms with Crippen LogP contribution in [-0.2, 0) is 13.9 Å². The Morgan fingerprint density at radius 2 is 2.13 bits per heavy atom. The summed E-state index contributed by atoms with van der Waals surface area (Å²) in [7, 11) is -3.44. The highest BCUT2D eigenvalue weighted by atomic mass is 31.2. The number of aliphatic hydroxyl groups is 1. The second-order valence-electron chi connectivity index (χ2n) is 3.35. The van der Waals surface area contributed by atoms with Crippen molar-refractivity contribution in [3.05, 3.63) is 0 Å². The molecule has 2 atom stereocenters. The fraction of sp³-hybridized carbons (Fsp3) is 0.875. The first-order valence-corrected chi connectivity index (χ1v) is 6.71. The molecule has 0 spiro atoms. The van der Waals surface area contributed by atoms with Crippen LogP contribution in [0.2, 0.25) is 0 Å². The van der Waals surface area contributed by atoms with Gasteiger partial charge in [0.1, 0.15) is 0 Å². The van der Waals surface area contributed by atoms with E-state index in [-0.39, 0.29) is 18.9 Å². The average molecular weight is 239 g/mol. The Labute approximate surface area is 89.2 Å². The number of carbonyl (C=O) groups is 1. The molecule has 0 saturated carbocycles. The van der Waals surface area contributed by atoms with Gasteiger partial charge in [-0.3, -0.25) is 9.36 Å². The van der Waals surface area contributed by atoms with E-state index in [9.17, 15) is 14.5 Å². The quantitative estimate of drug-likeness (QED) is 0.547. The summed E-state index contributed by atoms with van der Waals surface area (Å²) in [5, 5.41) is 11.9. The van der Waals surface area contributed by atoms with Gasteiger partial charge >= 0.3 is 7.60 Å². The molecule has 0 aliphatic heterocycles. The zero-order valence-corrected chi connectivity index (χ0v) is 9.87. The molecular formula is C8H18NO5P. The highest BCUT2D eigenvalue weighted by molar-refractivity contribution is 7.51. The van der Waals surface area contributed by atoms with Crippen LogP contribution >= 0.6 is 7.60 Å². The molecule has 0 heterocycles. The van der Waals surface area contributed by atoms with Crippen molar-refractivity contribution in [2.24, 2.45) is 0 Å². The predicted molar refractivity (Wildman–Crippen MR) is 55.6 cm³/mol. The molecular weight excluding hydrogens is 221 g/mol. The molecule has 0 bridgehead atoms. The highest BCUT2D eigenvalue weighted by Gasteiger charge is 2.11. The van der Waals surface area contributed by atoms with Crippen molar-refractivity contribution in [3.8, 4) is 0 Å². The first-order chi connectivity index (χ1) is 6.81. The molecule has 90 valence electrons. The van der Waals surface area contributed by atoms with Crippen LogP contribution in [0.4, 0.5) is 0 Å². The van der Waals surface area contributed by atoms with Gasteiger partial charge in [0, 0.05) is 20.1 Å². The molecule has 1 amide bonds. The Bertz CT molecular complexity index is 239. The van der Waals surface area contributed by atoms with E-state index in [0.29, 0.717) is 13.0 Å². The fourth-order valence-corrected chi connectivity index (χ4v) is 1.36. The lowest BCUT2D eigenvalue weighted by Gasteiger charge is -2.11. The first kappa shape index (κ1) is 14.6. The Morgan fingerprint density at radius 1 is 1.53 bits per heavy atom. The van der Waals surface area contributed by atoms with Crippen LogP contribution in [0.5, 0.6) is 0 Å². The fourth-order valence-electron chi connectivity index (χ4n) is 0.917. The van der Waals surface area contributed by atoms with Crippen LogP contribution in [0, 0.1) is 0 Å². The van der Waals surface area contributed by atoms with Gasteiger partial charge in [0.05, 0.1) is 12.7 Å². The molecule has 7 heteroatoms. The minimum atomic E-state index is -3.44. The van der Waals surface area contributed by atoms with Gasteiger partial charge in [-0.25, -0.2) is 0 Å². The maximum absolute atomic E-state index is 10.7. The van der Waals surface area contributed by atoms with Crippen molar-refractivity contribution in [1.29, 1.82) is 0 Å². The van der Waals surface area contributed by atoms with Crippen LogP contribution in [-0.4, -0.2) is 41.8 Å². The van der Waals surface area contributed by atoms with E-state index in [1.54, 1.807) is 0 Å². The summed E-state index contributed by atoms with van der Waals surface area (Å²) in [5.41, 5.74) is 0. The van der Waals surface area contributed by atoms with Crippen molar-refractivity contribution < 1.29 is 23.9 Å². The van der Waals surface area contributed by atoms with E-state index < -0.39 is 13.7 Å². The van der Waals surface area contributed by atoms with Crippen molar-refractivity contribution >= 4 is 13.5 Å². The van der Waals surface area contributed by atoms with Crippen LogP contribution in [0.25, 0.3) is 0 Å². The van der Waals surface area contributed by atoms with Crippen LogP contribution in [0.1, 0.15) is 19.8 Å². The summed E-state index contributed by atoms with van der Waals surface area (Å²) in [6, 6.07) is 0. The Kier molecular flexibility index (Phi) is 6.76. The molecule has 0 aliphatic carbocycles. The van der Waals surface area contributed by atoms with E-state index in [0.717, 1.165) is 6.66 Å². The predicted octanol–water partition coefficient (Wildman–Crippen LogP) is 0.0954. The lowest BCUT2D eigenvalue weighted by Crippen LogP contribution is -2.25. The molecule has 0 aromatic heterocycles. The topological polar surface area (TPSA) is 95.9 Å². The molecule has 0 rings (SSSR count). The highest BCUT2D eigenvalue weighted by Crippen LogP contribution is 2.36. The SMILES string of the molecule is CC(=O)NCCC(O)CCOP(C)(=O)O. The molecule has 15 heavy (non-hydrogen) atoms. The molecule has 3 N–H and O–H groups in total. The number of aliphatic hydroxyl groups excluding tert-OH is 1. The summed E-state index contributed by atoms with van der Waals surface area (Å²) in [4.78, 5) is 19.3. The number of carbonyl (C=O) groups excluding carboxylic acids is 1. The number of hydrogen-bond acceptors (Lipinski definition) is 4. The van der Waals surface area contributed by atoms with Gasteiger partial charge in [-0.05, 0) is 12.8 Å². The van der Waals surface area contributed by atoms with Gasteiger partial charge in [0.15, 0.2) is 0 Å². The molecule has 0 saturated heterocycles. The van der Waals surface area contributed by atoms with E-state index in [1.165, 1.54) is 6.92 Å². The number of hydrogen-bond donors (Lipinski definition) is 3. The third-order valence-corrected chi connectivity index (χ3v) is 2.30. The summed E-state index contributed by atoms with van der Waals surface area (Å²) in [6.45, 7) is 2.91.